The zero-order valence-corrected chi connectivity index (χ0v) is 12.9. The van der Waals surface area contributed by atoms with Crippen molar-refractivity contribution >= 4 is 12.0 Å². The average Bonchev–Trinajstić information content (AvgIpc) is 2.39. The summed E-state index contributed by atoms with van der Waals surface area (Å²) in [6, 6.07) is -0.0908. The second-order valence-corrected chi connectivity index (χ2v) is 5.76. The SMILES string of the molecule is CCC(CC)(CC)NC(=O)N1CC(C)(OCC(=O)O)C1. The Morgan fingerprint density at radius 1 is 1.25 bits per heavy atom. The number of carbonyl (C=O) groups is 2. The van der Waals surface area contributed by atoms with E-state index in [9.17, 15) is 9.59 Å². The van der Waals surface area contributed by atoms with Crippen LogP contribution >= 0.6 is 0 Å². The van der Waals surface area contributed by atoms with Crippen molar-refractivity contribution in [2.45, 2.75) is 58.1 Å². The van der Waals surface area contributed by atoms with Gasteiger partial charge in [-0.3, -0.25) is 0 Å². The van der Waals surface area contributed by atoms with Crippen LogP contribution in [0.4, 0.5) is 4.79 Å². The number of hydrogen-bond acceptors (Lipinski definition) is 3. The van der Waals surface area contributed by atoms with Gasteiger partial charge in [0, 0.05) is 5.54 Å². The zero-order valence-electron chi connectivity index (χ0n) is 12.9. The fourth-order valence-electron chi connectivity index (χ4n) is 2.55. The number of ether oxygens (including phenoxy) is 1. The molecule has 0 radical (unpaired) electrons. The summed E-state index contributed by atoms with van der Waals surface area (Å²) in [5, 5.41) is 11.7. The van der Waals surface area contributed by atoms with Crippen LogP contribution in [0.25, 0.3) is 0 Å². The van der Waals surface area contributed by atoms with Crippen LogP contribution in [0.5, 0.6) is 0 Å². The molecule has 0 aromatic rings. The predicted octanol–water partition coefficient (Wildman–Crippen LogP) is 1.84. The highest BCUT2D eigenvalue weighted by Crippen LogP contribution is 2.26. The largest absolute Gasteiger partial charge is 0.480 e. The van der Waals surface area contributed by atoms with Crippen molar-refractivity contribution < 1.29 is 19.4 Å². The first-order valence-corrected chi connectivity index (χ1v) is 7.22. The Morgan fingerprint density at radius 2 is 1.75 bits per heavy atom. The van der Waals surface area contributed by atoms with E-state index in [0.717, 1.165) is 19.3 Å². The van der Waals surface area contributed by atoms with E-state index in [1.807, 2.05) is 6.92 Å². The lowest BCUT2D eigenvalue weighted by molar-refractivity contribution is -0.159. The van der Waals surface area contributed by atoms with Crippen LogP contribution in [0.1, 0.15) is 47.0 Å². The van der Waals surface area contributed by atoms with Crippen molar-refractivity contribution in [3.05, 3.63) is 0 Å². The number of likely N-dealkylation sites (tertiary alicyclic amines) is 1. The van der Waals surface area contributed by atoms with Crippen LogP contribution < -0.4 is 5.32 Å². The van der Waals surface area contributed by atoms with Gasteiger partial charge < -0.3 is 20.1 Å². The van der Waals surface area contributed by atoms with Gasteiger partial charge in [0.15, 0.2) is 0 Å². The Balaban J connectivity index is 2.47. The second kappa shape index (κ2) is 6.43. The van der Waals surface area contributed by atoms with E-state index in [1.54, 1.807) is 4.90 Å². The Bertz CT molecular complexity index is 352. The molecule has 1 fully saturated rings. The highest BCUT2D eigenvalue weighted by Gasteiger charge is 2.44. The summed E-state index contributed by atoms with van der Waals surface area (Å²) < 4.78 is 5.30. The number of aliphatic carboxylic acids is 1. The monoisotopic (exact) mass is 286 g/mol. The molecule has 0 saturated carbocycles. The normalized spacial score (nSPS) is 17.5. The smallest absolute Gasteiger partial charge is 0.329 e. The second-order valence-electron chi connectivity index (χ2n) is 5.76. The lowest BCUT2D eigenvalue weighted by atomic mass is 9.89. The van der Waals surface area contributed by atoms with Crippen molar-refractivity contribution in [3.63, 3.8) is 0 Å². The molecule has 0 aromatic heterocycles. The van der Waals surface area contributed by atoms with Gasteiger partial charge in [0.2, 0.25) is 0 Å². The maximum Gasteiger partial charge on any atom is 0.329 e. The van der Waals surface area contributed by atoms with E-state index in [0.29, 0.717) is 13.1 Å². The number of amides is 2. The van der Waals surface area contributed by atoms with Gasteiger partial charge >= 0.3 is 12.0 Å². The van der Waals surface area contributed by atoms with Crippen LogP contribution in [0, 0.1) is 0 Å². The molecule has 6 heteroatoms. The first kappa shape index (κ1) is 16.8. The molecule has 2 amide bonds. The fraction of sp³-hybridized carbons (Fsp3) is 0.857. The summed E-state index contributed by atoms with van der Waals surface area (Å²) >= 11 is 0. The number of urea groups is 1. The molecule has 0 unspecified atom stereocenters. The predicted molar refractivity (Wildman–Crippen MR) is 75.7 cm³/mol. The molecule has 1 rings (SSSR count). The van der Waals surface area contributed by atoms with Gasteiger partial charge in [-0.05, 0) is 26.2 Å². The fourth-order valence-corrected chi connectivity index (χ4v) is 2.55. The molecular weight excluding hydrogens is 260 g/mol. The summed E-state index contributed by atoms with van der Waals surface area (Å²) in [6.07, 6.45) is 2.69. The Kier molecular flexibility index (Phi) is 5.39. The minimum Gasteiger partial charge on any atom is -0.480 e. The molecule has 0 atom stereocenters. The summed E-state index contributed by atoms with van der Waals surface area (Å²) in [4.78, 5) is 24.3. The molecule has 1 aliphatic heterocycles. The molecule has 1 heterocycles. The van der Waals surface area contributed by atoms with Gasteiger partial charge in [-0.1, -0.05) is 20.8 Å². The van der Waals surface area contributed by atoms with E-state index >= 15 is 0 Å². The van der Waals surface area contributed by atoms with Gasteiger partial charge in [-0.25, -0.2) is 9.59 Å². The molecule has 116 valence electrons. The zero-order chi connectivity index (χ0) is 15.4. The quantitative estimate of drug-likeness (QED) is 0.748. The maximum absolute atomic E-state index is 12.2. The van der Waals surface area contributed by atoms with Gasteiger partial charge in [-0.15, -0.1) is 0 Å². The molecule has 2 N–H and O–H groups in total. The Labute approximate surface area is 120 Å². The van der Waals surface area contributed by atoms with Crippen LogP contribution in [0.3, 0.4) is 0 Å². The van der Waals surface area contributed by atoms with Crippen molar-refractivity contribution in [1.29, 1.82) is 0 Å². The van der Waals surface area contributed by atoms with Gasteiger partial charge in [-0.2, -0.15) is 0 Å². The first-order chi connectivity index (χ1) is 9.29. The molecule has 6 nitrogen and oxygen atoms in total. The van der Waals surface area contributed by atoms with Gasteiger partial charge in [0.1, 0.15) is 12.2 Å². The molecular formula is C14H26N2O4. The van der Waals surface area contributed by atoms with Gasteiger partial charge in [0.05, 0.1) is 13.1 Å². The molecule has 0 spiro atoms. The summed E-state index contributed by atoms with van der Waals surface area (Å²) in [5.74, 6) is -0.990. The average molecular weight is 286 g/mol. The third kappa shape index (κ3) is 3.85. The van der Waals surface area contributed by atoms with Crippen molar-refractivity contribution in [2.75, 3.05) is 19.7 Å². The van der Waals surface area contributed by atoms with Gasteiger partial charge in [0.25, 0.3) is 0 Å². The Morgan fingerprint density at radius 3 is 2.15 bits per heavy atom. The highest BCUT2D eigenvalue weighted by molar-refractivity contribution is 5.76. The third-order valence-electron chi connectivity index (χ3n) is 4.28. The van der Waals surface area contributed by atoms with Crippen molar-refractivity contribution in [3.8, 4) is 0 Å². The molecule has 0 aromatic carbocycles. The van der Waals surface area contributed by atoms with Crippen molar-refractivity contribution in [1.82, 2.24) is 10.2 Å². The number of nitrogens with one attached hydrogen (secondary N) is 1. The summed E-state index contributed by atoms with van der Waals surface area (Å²) in [5.41, 5.74) is -0.686. The minimum atomic E-state index is -0.990. The molecule has 0 aliphatic carbocycles. The molecule has 1 saturated heterocycles. The van der Waals surface area contributed by atoms with E-state index in [-0.39, 0.29) is 18.2 Å². The number of carboxylic acid groups (broad SMARTS) is 1. The number of nitrogens with zero attached hydrogens (tertiary/aromatic N) is 1. The lowest BCUT2D eigenvalue weighted by Crippen LogP contribution is -2.67. The van der Waals surface area contributed by atoms with Crippen LogP contribution in [0.2, 0.25) is 0 Å². The molecule has 20 heavy (non-hydrogen) atoms. The maximum atomic E-state index is 12.2. The molecule has 0 bridgehead atoms. The number of carbonyl (C=O) groups excluding carboxylic acids is 1. The van der Waals surface area contributed by atoms with E-state index in [1.165, 1.54) is 0 Å². The standard InChI is InChI=1S/C14H26N2O4/c1-5-14(6-2,7-3)15-12(19)16-9-13(4,10-16)20-8-11(17)18/h5-10H2,1-4H3,(H,15,19)(H,17,18). The number of rotatable bonds is 7. The van der Waals surface area contributed by atoms with Crippen LogP contribution in [-0.2, 0) is 9.53 Å². The summed E-state index contributed by atoms with van der Waals surface area (Å²) in [6.45, 7) is 8.58. The van der Waals surface area contributed by atoms with E-state index in [2.05, 4.69) is 26.1 Å². The number of hydrogen-bond donors (Lipinski definition) is 2. The minimum absolute atomic E-state index is 0.0908. The number of carboxylic acids is 1. The topological polar surface area (TPSA) is 78.9 Å². The van der Waals surface area contributed by atoms with Crippen LogP contribution in [-0.4, -0.2) is 52.8 Å². The summed E-state index contributed by atoms with van der Waals surface area (Å²) in [7, 11) is 0. The Hall–Kier alpha value is -1.30. The van der Waals surface area contributed by atoms with Crippen LogP contribution in [0.15, 0.2) is 0 Å². The van der Waals surface area contributed by atoms with E-state index < -0.39 is 11.6 Å². The third-order valence-corrected chi connectivity index (χ3v) is 4.28. The van der Waals surface area contributed by atoms with E-state index in [4.69, 9.17) is 9.84 Å². The first-order valence-electron chi connectivity index (χ1n) is 7.22. The highest BCUT2D eigenvalue weighted by atomic mass is 16.5. The molecule has 1 aliphatic rings. The lowest BCUT2D eigenvalue weighted by Gasteiger charge is -2.48. The van der Waals surface area contributed by atoms with Crippen molar-refractivity contribution in [2.24, 2.45) is 0 Å².